The van der Waals surface area contributed by atoms with E-state index in [0.717, 1.165) is 43.4 Å². The zero-order valence-electron chi connectivity index (χ0n) is 15.2. The third-order valence-electron chi connectivity index (χ3n) is 5.09. The summed E-state index contributed by atoms with van der Waals surface area (Å²) in [5.41, 5.74) is 7.98. The number of carbonyl (C=O) groups is 1. The van der Waals surface area contributed by atoms with Crippen LogP contribution in [0.3, 0.4) is 0 Å². The molecule has 2 aromatic heterocycles. The van der Waals surface area contributed by atoms with Gasteiger partial charge in [-0.15, -0.1) is 0 Å². The second kappa shape index (κ2) is 7.40. The molecule has 6 heteroatoms. The van der Waals surface area contributed by atoms with Crippen LogP contribution in [0.2, 0.25) is 0 Å². The summed E-state index contributed by atoms with van der Waals surface area (Å²) in [5.74, 6) is 0.569. The molecule has 1 fully saturated rings. The lowest BCUT2D eigenvalue weighted by Gasteiger charge is -2.31. The van der Waals surface area contributed by atoms with Crippen LogP contribution in [0, 0.1) is 0 Å². The number of amides is 1. The average Bonchev–Trinajstić information content (AvgIpc) is 3.10. The van der Waals surface area contributed by atoms with Gasteiger partial charge >= 0.3 is 0 Å². The van der Waals surface area contributed by atoms with E-state index in [2.05, 4.69) is 10.3 Å². The quantitative estimate of drug-likeness (QED) is 0.726. The lowest BCUT2D eigenvalue weighted by Crippen LogP contribution is -2.52. The Balaban J connectivity index is 1.40. The van der Waals surface area contributed by atoms with Gasteiger partial charge in [0.1, 0.15) is 18.0 Å². The summed E-state index contributed by atoms with van der Waals surface area (Å²) in [6.45, 7) is 0.361. The highest BCUT2D eigenvalue weighted by atomic mass is 16.5. The van der Waals surface area contributed by atoms with Crippen molar-refractivity contribution in [2.75, 3.05) is 5.32 Å². The molecule has 0 saturated heterocycles. The van der Waals surface area contributed by atoms with Gasteiger partial charge in [-0.3, -0.25) is 4.79 Å². The molecule has 0 atom stereocenters. The molecule has 1 amide bonds. The highest BCUT2D eigenvalue weighted by Crippen LogP contribution is 2.28. The molecule has 140 valence electrons. The normalized spacial score (nSPS) is 16.2. The largest absolute Gasteiger partial charge is 0.487 e. The molecular formula is C21H24N4O2. The minimum absolute atomic E-state index is 0.111. The zero-order chi connectivity index (χ0) is 18.7. The number of benzene rings is 1. The highest BCUT2D eigenvalue weighted by Gasteiger charge is 2.35. The van der Waals surface area contributed by atoms with Gasteiger partial charge in [0.05, 0.1) is 11.2 Å². The van der Waals surface area contributed by atoms with Crippen molar-refractivity contribution in [1.82, 2.24) is 9.38 Å². The van der Waals surface area contributed by atoms with E-state index in [0.29, 0.717) is 18.0 Å². The minimum Gasteiger partial charge on any atom is -0.487 e. The fourth-order valence-electron chi connectivity index (χ4n) is 3.54. The second-order valence-corrected chi connectivity index (χ2v) is 7.19. The summed E-state index contributed by atoms with van der Waals surface area (Å²) in [5, 5.41) is 2.95. The van der Waals surface area contributed by atoms with Crippen LogP contribution in [0.5, 0.6) is 5.75 Å². The number of hydrogen-bond donors (Lipinski definition) is 2. The Morgan fingerprint density at radius 3 is 2.85 bits per heavy atom. The number of carbonyl (C=O) groups excluding carboxylic acids is 1. The first-order valence-corrected chi connectivity index (χ1v) is 9.38. The third-order valence-corrected chi connectivity index (χ3v) is 5.09. The van der Waals surface area contributed by atoms with Crippen molar-refractivity contribution in [3.63, 3.8) is 0 Å². The van der Waals surface area contributed by atoms with Gasteiger partial charge in [-0.1, -0.05) is 31.4 Å². The number of pyridine rings is 1. The van der Waals surface area contributed by atoms with Gasteiger partial charge in [0.2, 0.25) is 5.91 Å². The van der Waals surface area contributed by atoms with E-state index in [9.17, 15) is 4.79 Å². The van der Waals surface area contributed by atoms with Gasteiger partial charge in [0.15, 0.2) is 0 Å². The topological polar surface area (TPSA) is 81.7 Å². The summed E-state index contributed by atoms with van der Waals surface area (Å²) < 4.78 is 7.81. The lowest BCUT2D eigenvalue weighted by molar-refractivity contribution is -0.122. The second-order valence-electron chi connectivity index (χ2n) is 7.19. The Labute approximate surface area is 158 Å². The molecular weight excluding hydrogens is 340 g/mol. The van der Waals surface area contributed by atoms with Crippen molar-refractivity contribution in [3.8, 4) is 5.75 Å². The van der Waals surface area contributed by atoms with Crippen LogP contribution < -0.4 is 15.8 Å². The van der Waals surface area contributed by atoms with Crippen LogP contribution in [0.15, 0.2) is 54.9 Å². The monoisotopic (exact) mass is 364 g/mol. The van der Waals surface area contributed by atoms with E-state index < -0.39 is 5.54 Å². The van der Waals surface area contributed by atoms with Gasteiger partial charge in [-0.2, -0.15) is 0 Å². The van der Waals surface area contributed by atoms with E-state index in [1.165, 1.54) is 0 Å². The van der Waals surface area contributed by atoms with Crippen LogP contribution in [0.4, 0.5) is 5.69 Å². The van der Waals surface area contributed by atoms with Crippen molar-refractivity contribution >= 4 is 17.2 Å². The fraction of sp³-hybridized carbons (Fsp3) is 0.333. The van der Waals surface area contributed by atoms with Crippen molar-refractivity contribution in [3.05, 3.63) is 60.6 Å². The number of anilines is 1. The van der Waals surface area contributed by atoms with Crippen molar-refractivity contribution in [2.45, 2.75) is 44.2 Å². The molecule has 0 bridgehead atoms. The number of fused-ring (bicyclic) bond motifs is 1. The fourth-order valence-corrected chi connectivity index (χ4v) is 3.54. The zero-order valence-corrected chi connectivity index (χ0v) is 15.2. The molecule has 0 unspecified atom stereocenters. The number of nitrogens with two attached hydrogens (primary N) is 1. The Bertz CT molecular complexity index is 911. The summed E-state index contributed by atoms with van der Waals surface area (Å²) >= 11 is 0. The van der Waals surface area contributed by atoms with E-state index >= 15 is 0 Å². The number of aromatic nitrogens is 2. The van der Waals surface area contributed by atoms with Crippen molar-refractivity contribution in [2.24, 2.45) is 5.73 Å². The third kappa shape index (κ3) is 3.95. The Hall–Kier alpha value is -2.86. The molecule has 1 aliphatic rings. The number of nitrogens with one attached hydrogen (secondary N) is 1. The molecule has 0 radical (unpaired) electrons. The van der Waals surface area contributed by atoms with Gasteiger partial charge in [0.25, 0.3) is 0 Å². The summed E-state index contributed by atoms with van der Waals surface area (Å²) in [6.07, 6.45) is 8.54. The van der Waals surface area contributed by atoms with E-state index in [4.69, 9.17) is 10.5 Å². The van der Waals surface area contributed by atoms with Gasteiger partial charge in [-0.05, 0) is 37.1 Å². The first-order valence-electron chi connectivity index (χ1n) is 9.38. The Morgan fingerprint density at radius 2 is 2.04 bits per heavy atom. The number of rotatable bonds is 5. The van der Waals surface area contributed by atoms with Crippen molar-refractivity contribution < 1.29 is 9.53 Å². The molecule has 27 heavy (non-hydrogen) atoms. The van der Waals surface area contributed by atoms with Gasteiger partial charge < -0.3 is 20.2 Å². The van der Waals surface area contributed by atoms with Crippen LogP contribution in [0.1, 0.15) is 37.8 Å². The molecule has 1 aliphatic carbocycles. The number of imidazole rings is 1. The molecule has 2 heterocycles. The summed E-state index contributed by atoms with van der Waals surface area (Å²) in [4.78, 5) is 17.1. The SMILES string of the molecule is NC1(C(=O)Nc2cccc(OCc3cn4ccccc4n3)c2)CCCCC1. The average molecular weight is 364 g/mol. The van der Waals surface area contributed by atoms with E-state index in [-0.39, 0.29) is 5.91 Å². The van der Waals surface area contributed by atoms with Gasteiger partial charge in [0, 0.05) is 24.1 Å². The molecule has 6 nitrogen and oxygen atoms in total. The minimum atomic E-state index is -0.758. The number of ether oxygens (including phenoxy) is 1. The Kier molecular flexibility index (Phi) is 4.81. The Morgan fingerprint density at radius 1 is 1.19 bits per heavy atom. The van der Waals surface area contributed by atoms with Crippen LogP contribution >= 0.6 is 0 Å². The smallest absolute Gasteiger partial charge is 0.244 e. The molecule has 1 saturated carbocycles. The van der Waals surface area contributed by atoms with E-state index in [1.807, 2.05) is 59.3 Å². The molecule has 0 spiro atoms. The van der Waals surface area contributed by atoms with Crippen LogP contribution in [-0.4, -0.2) is 20.8 Å². The van der Waals surface area contributed by atoms with Crippen LogP contribution in [-0.2, 0) is 11.4 Å². The number of hydrogen-bond acceptors (Lipinski definition) is 4. The van der Waals surface area contributed by atoms with Crippen LogP contribution in [0.25, 0.3) is 5.65 Å². The molecule has 3 N–H and O–H groups in total. The highest BCUT2D eigenvalue weighted by molar-refractivity contribution is 5.98. The van der Waals surface area contributed by atoms with E-state index in [1.54, 1.807) is 0 Å². The maximum Gasteiger partial charge on any atom is 0.244 e. The number of nitrogens with zero attached hydrogens (tertiary/aromatic N) is 2. The van der Waals surface area contributed by atoms with Gasteiger partial charge in [-0.25, -0.2) is 4.98 Å². The molecule has 4 rings (SSSR count). The maximum absolute atomic E-state index is 12.6. The lowest BCUT2D eigenvalue weighted by atomic mass is 9.82. The van der Waals surface area contributed by atoms with Crippen molar-refractivity contribution in [1.29, 1.82) is 0 Å². The first kappa shape index (κ1) is 17.5. The maximum atomic E-state index is 12.6. The standard InChI is InChI=1S/C21H24N4O2/c22-21(10-3-1-4-11-21)20(26)24-16-7-6-8-18(13-16)27-15-17-14-25-12-5-2-9-19(25)23-17/h2,5-9,12-14H,1,3-4,10-11,15,22H2,(H,24,26). The molecule has 3 aromatic rings. The molecule has 0 aliphatic heterocycles. The summed E-state index contributed by atoms with van der Waals surface area (Å²) in [7, 11) is 0. The molecule has 1 aromatic carbocycles. The predicted molar refractivity (Wildman–Crippen MR) is 105 cm³/mol. The summed E-state index contributed by atoms with van der Waals surface area (Å²) in [6, 6.07) is 13.3. The first-order chi connectivity index (χ1) is 13.1. The predicted octanol–water partition coefficient (Wildman–Crippen LogP) is 3.51.